The Bertz CT molecular complexity index is 666. The molecule has 1 aliphatic rings. The van der Waals surface area contributed by atoms with E-state index in [0.29, 0.717) is 31.1 Å². The summed E-state index contributed by atoms with van der Waals surface area (Å²) in [6.45, 7) is 6.29. The summed E-state index contributed by atoms with van der Waals surface area (Å²) < 4.78 is 43.0. The molecular formula is C20H27F3N2O3. The highest BCUT2D eigenvalue weighted by atomic mass is 19.4. The van der Waals surface area contributed by atoms with Gasteiger partial charge in [-0.25, -0.2) is 0 Å². The van der Waals surface area contributed by atoms with Gasteiger partial charge in [0, 0.05) is 19.6 Å². The fourth-order valence-corrected chi connectivity index (χ4v) is 3.10. The summed E-state index contributed by atoms with van der Waals surface area (Å²) in [5.41, 5.74) is 1.18. The molecular weight excluding hydrogens is 373 g/mol. The Morgan fingerprint density at radius 1 is 1.14 bits per heavy atom. The summed E-state index contributed by atoms with van der Waals surface area (Å²) in [5, 5.41) is 2.79. The van der Waals surface area contributed by atoms with Crippen LogP contribution in [0.5, 0.6) is 5.75 Å². The summed E-state index contributed by atoms with van der Waals surface area (Å²) >= 11 is 0. The van der Waals surface area contributed by atoms with E-state index < -0.39 is 18.2 Å². The second-order valence-electron chi connectivity index (χ2n) is 7.46. The molecule has 1 unspecified atom stereocenters. The fraction of sp³-hybridized carbons (Fsp3) is 0.600. The number of amides is 2. The lowest BCUT2D eigenvalue weighted by Gasteiger charge is -2.32. The fourth-order valence-electron chi connectivity index (χ4n) is 3.10. The van der Waals surface area contributed by atoms with Gasteiger partial charge in [-0.3, -0.25) is 9.59 Å². The number of piperidine rings is 1. The van der Waals surface area contributed by atoms with Crippen molar-refractivity contribution >= 4 is 11.8 Å². The van der Waals surface area contributed by atoms with Crippen molar-refractivity contribution in [2.24, 2.45) is 5.92 Å². The SMILES string of the molecule is CC(Oc1ccc(C(C)C)cc1)C(=O)NCC1CCN(C(=O)C(F)(F)F)CC1. The van der Waals surface area contributed by atoms with Crippen LogP contribution in [-0.2, 0) is 9.59 Å². The van der Waals surface area contributed by atoms with E-state index in [1.165, 1.54) is 5.56 Å². The number of likely N-dealkylation sites (tertiary alicyclic amines) is 1. The predicted molar refractivity (Wildman–Crippen MR) is 99.0 cm³/mol. The Labute approximate surface area is 163 Å². The van der Waals surface area contributed by atoms with Gasteiger partial charge in [-0.15, -0.1) is 0 Å². The zero-order valence-corrected chi connectivity index (χ0v) is 16.4. The maximum Gasteiger partial charge on any atom is 0.471 e. The smallest absolute Gasteiger partial charge is 0.471 e. The number of hydrogen-bond donors (Lipinski definition) is 1. The standard InChI is InChI=1S/C20H27F3N2O3/c1-13(2)16-4-6-17(7-5-16)28-14(3)18(26)24-12-15-8-10-25(11-9-15)19(27)20(21,22)23/h4-7,13-15H,8-12H2,1-3H3,(H,24,26). The van der Waals surface area contributed by atoms with Gasteiger partial charge in [0.15, 0.2) is 6.10 Å². The molecule has 0 bridgehead atoms. The summed E-state index contributed by atoms with van der Waals surface area (Å²) in [6, 6.07) is 7.57. The summed E-state index contributed by atoms with van der Waals surface area (Å²) in [6.07, 6.45) is -4.67. The third-order valence-electron chi connectivity index (χ3n) is 4.94. The zero-order chi connectivity index (χ0) is 20.9. The lowest BCUT2D eigenvalue weighted by molar-refractivity contribution is -0.186. The second kappa shape index (κ2) is 9.30. The maximum absolute atomic E-state index is 12.5. The molecule has 156 valence electrons. The van der Waals surface area contributed by atoms with Crippen LogP contribution in [0.3, 0.4) is 0 Å². The van der Waals surface area contributed by atoms with Crippen molar-refractivity contribution in [1.82, 2.24) is 10.2 Å². The Hall–Kier alpha value is -2.25. The number of carbonyl (C=O) groups excluding carboxylic acids is 2. The van der Waals surface area contributed by atoms with Crippen molar-refractivity contribution in [2.75, 3.05) is 19.6 Å². The number of benzene rings is 1. The molecule has 28 heavy (non-hydrogen) atoms. The Morgan fingerprint density at radius 2 is 1.71 bits per heavy atom. The highest BCUT2D eigenvalue weighted by molar-refractivity contribution is 5.82. The van der Waals surface area contributed by atoms with Gasteiger partial charge in [0.2, 0.25) is 0 Å². The number of rotatable bonds is 6. The number of ether oxygens (including phenoxy) is 1. The third-order valence-corrected chi connectivity index (χ3v) is 4.94. The van der Waals surface area contributed by atoms with E-state index in [4.69, 9.17) is 4.74 Å². The first-order valence-corrected chi connectivity index (χ1v) is 9.48. The predicted octanol–water partition coefficient (Wildman–Crippen LogP) is 3.49. The van der Waals surface area contributed by atoms with E-state index in [9.17, 15) is 22.8 Å². The minimum absolute atomic E-state index is 0.0405. The molecule has 8 heteroatoms. The van der Waals surface area contributed by atoms with Crippen LogP contribution in [0.1, 0.15) is 45.1 Å². The quantitative estimate of drug-likeness (QED) is 0.795. The molecule has 1 heterocycles. The number of carbonyl (C=O) groups is 2. The van der Waals surface area contributed by atoms with Crippen LogP contribution >= 0.6 is 0 Å². The Balaban J connectivity index is 1.74. The molecule has 1 N–H and O–H groups in total. The maximum atomic E-state index is 12.5. The van der Waals surface area contributed by atoms with Gasteiger partial charge < -0.3 is 15.0 Å². The molecule has 1 aromatic carbocycles. The lowest BCUT2D eigenvalue weighted by atomic mass is 9.96. The normalized spacial score (nSPS) is 16.8. The number of nitrogens with zero attached hydrogens (tertiary/aromatic N) is 1. The van der Waals surface area contributed by atoms with Crippen LogP contribution in [0.25, 0.3) is 0 Å². The minimum atomic E-state index is -4.83. The molecule has 1 atom stereocenters. The molecule has 0 spiro atoms. The molecule has 0 aromatic heterocycles. The highest BCUT2D eigenvalue weighted by Crippen LogP contribution is 2.24. The largest absolute Gasteiger partial charge is 0.481 e. The van der Waals surface area contributed by atoms with E-state index in [1.54, 1.807) is 6.92 Å². The molecule has 2 amide bonds. The molecule has 2 rings (SSSR count). The van der Waals surface area contributed by atoms with Gasteiger partial charge in [-0.2, -0.15) is 13.2 Å². The Kier molecular flexibility index (Phi) is 7.32. The van der Waals surface area contributed by atoms with Crippen molar-refractivity contribution in [3.05, 3.63) is 29.8 Å². The van der Waals surface area contributed by atoms with E-state index in [0.717, 1.165) is 4.90 Å². The number of halogens is 3. The lowest BCUT2D eigenvalue weighted by Crippen LogP contribution is -2.47. The van der Waals surface area contributed by atoms with Gasteiger partial charge >= 0.3 is 12.1 Å². The first-order chi connectivity index (χ1) is 13.1. The average molecular weight is 400 g/mol. The molecule has 0 saturated carbocycles. The average Bonchev–Trinajstić information content (AvgIpc) is 2.65. The van der Waals surface area contributed by atoms with E-state index in [1.807, 2.05) is 24.3 Å². The first kappa shape index (κ1) is 22.0. The van der Waals surface area contributed by atoms with Crippen molar-refractivity contribution < 1.29 is 27.5 Å². The van der Waals surface area contributed by atoms with Crippen molar-refractivity contribution in [1.29, 1.82) is 0 Å². The molecule has 1 aliphatic heterocycles. The van der Waals surface area contributed by atoms with Gasteiger partial charge in [-0.1, -0.05) is 26.0 Å². The summed E-state index contributed by atoms with van der Waals surface area (Å²) in [7, 11) is 0. The third kappa shape index (κ3) is 6.14. The van der Waals surface area contributed by atoms with Crippen molar-refractivity contribution in [3.8, 4) is 5.75 Å². The highest BCUT2D eigenvalue weighted by Gasteiger charge is 2.43. The van der Waals surface area contributed by atoms with Gasteiger partial charge in [0.05, 0.1) is 0 Å². The summed E-state index contributed by atoms with van der Waals surface area (Å²) in [4.78, 5) is 24.3. The van der Waals surface area contributed by atoms with Gasteiger partial charge in [-0.05, 0) is 49.3 Å². The van der Waals surface area contributed by atoms with Crippen LogP contribution in [-0.4, -0.2) is 48.6 Å². The van der Waals surface area contributed by atoms with Crippen LogP contribution < -0.4 is 10.1 Å². The van der Waals surface area contributed by atoms with E-state index in [2.05, 4.69) is 19.2 Å². The van der Waals surface area contributed by atoms with Crippen LogP contribution in [0, 0.1) is 5.92 Å². The van der Waals surface area contributed by atoms with Crippen LogP contribution in [0.15, 0.2) is 24.3 Å². The van der Waals surface area contributed by atoms with Crippen molar-refractivity contribution in [3.63, 3.8) is 0 Å². The van der Waals surface area contributed by atoms with Crippen LogP contribution in [0.2, 0.25) is 0 Å². The minimum Gasteiger partial charge on any atom is -0.481 e. The Morgan fingerprint density at radius 3 is 2.21 bits per heavy atom. The number of hydrogen-bond acceptors (Lipinski definition) is 3. The van der Waals surface area contributed by atoms with Crippen LogP contribution in [0.4, 0.5) is 13.2 Å². The molecule has 0 aliphatic carbocycles. The second-order valence-corrected chi connectivity index (χ2v) is 7.46. The molecule has 1 saturated heterocycles. The molecule has 1 fully saturated rings. The van der Waals surface area contributed by atoms with Gasteiger partial charge in [0.25, 0.3) is 5.91 Å². The zero-order valence-electron chi connectivity index (χ0n) is 16.4. The molecule has 0 radical (unpaired) electrons. The number of alkyl halides is 3. The summed E-state index contributed by atoms with van der Waals surface area (Å²) in [5.74, 6) is -1.01. The monoisotopic (exact) mass is 400 g/mol. The first-order valence-electron chi connectivity index (χ1n) is 9.48. The topological polar surface area (TPSA) is 58.6 Å². The van der Waals surface area contributed by atoms with E-state index >= 15 is 0 Å². The molecule has 5 nitrogen and oxygen atoms in total. The van der Waals surface area contributed by atoms with Crippen molar-refractivity contribution in [2.45, 2.75) is 51.8 Å². The molecule has 1 aromatic rings. The van der Waals surface area contributed by atoms with Gasteiger partial charge in [0.1, 0.15) is 5.75 Å². The van der Waals surface area contributed by atoms with E-state index in [-0.39, 0.29) is 24.9 Å². The number of nitrogens with one attached hydrogen (secondary N) is 1.